The second-order valence-electron chi connectivity index (χ2n) is 0.816. The van der Waals surface area contributed by atoms with Crippen molar-refractivity contribution in [2.75, 3.05) is 0 Å². The van der Waals surface area contributed by atoms with Crippen molar-refractivity contribution in [3.05, 3.63) is 0 Å². The summed E-state index contributed by atoms with van der Waals surface area (Å²) in [5, 5.41) is 0. The SMILES string of the molecule is O=S(=O)(OF)C(F)F.[Cs+].[H-]. The molecule has 0 saturated heterocycles. The minimum atomic E-state index is -5.24. The number of hydrogen-bond acceptors (Lipinski definition) is 3. The van der Waals surface area contributed by atoms with Crippen LogP contribution in [0.5, 0.6) is 0 Å². The van der Waals surface area contributed by atoms with Gasteiger partial charge in [-0.25, -0.2) is 0 Å². The van der Waals surface area contributed by atoms with Crippen LogP contribution < -0.4 is 68.9 Å². The van der Waals surface area contributed by atoms with E-state index in [1.807, 2.05) is 4.39 Å². The molecule has 0 rings (SSSR count). The predicted molar refractivity (Wildman–Crippen MR) is 18.2 cm³/mol. The van der Waals surface area contributed by atoms with Gasteiger partial charge in [-0.1, -0.05) is 4.39 Å². The van der Waals surface area contributed by atoms with Crippen LogP contribution in [0.3, 0.4) is 0 Å². The molecule has 0 spiro atoms. The predicted octanol–water partition coefficient (Wildman–Crippen LogP) is -2.44. The molecular weight excluding hydrogens is 282 g/mol. The Morgan fingerprint density at radius 2 is 1.78 bits per heavy atom. The first kappa shape index (κ1) is 13.3. The molecule has 0 aromatic heterocycles. The van der Waals surface area contributed by atoms with Crippen LogP contribution in [0, 0.1) is 0 Å². The molecule has 0 aliphatic heterocycles. The molecule has 3 nitrogen and oxygen atoms in total. The Hall–Kier alpha value is 1.75. The third-order valence-corrected chi connectivity index (χ3v) is 0.918. The van der Waals surface area contributed by atoms with Gasteiger partial charge in [-0.2, -0.15) is 17.2 Å². The van der Waals surface area contributed by atoms with E-state index in [1.165, 1.54) is 0 Å². The molecule has 0 aliphatic carbocycles. The summed E-state index contributed by atoms with van der Waals surface area (Å²) in [7, 11) is -5.24. The number of alkyl halides is 2. The molecule has 0 heterocycles. The van der Waals surface area contributed by atoms with Crippen molar-refractivity contribution in [3.8, 4) is 0 Å². The van der Waals surface area contributed by atoms with Gasteiger partial charge in [-0.3, -0.25) is 0 Å². The first-order chi connectivity index (χ1) is 3.50. The van der Waals surface area contributed by atoms with Gasteiger partial charge in [0.15, 0.2) is 0 Å². The fraction of sp³-hybridized carbons (Fsp3) is 1.00. The summed E-state index contributed by atoms with van der Waals surface area (Å²) >= 11 is 0. The zero-order valence-corrected chi connectivity index (χ0v) is 11.4. The molecule has 0 atom stereocenters. The third kappa shape index (κ3) is 5.07. The summed E-state index contributed by atoms with van der Waals surface area (Å²) in [5.74, 6) is -3.81. The normalized spacial score (nSPS) is 11.1. The van der Waals surface area contributed by atoms with E-state index >= 15 is 0 Å². The summed E-state index contributed by atoms with van der Waals surface area (Å²) in [6.07, 6.45) is 0. The standard InChI is InChI=1S/CHF3O3S.Cs.H/c2-1(3)8(5,6)7-4;;/h1H;;/q;+1;-1. The second kappa shape index (κ2) is 5.41. The zero-order valence-electron chi connectivity index (χ0n) is 5.34. The molecule has 0 amide bonds. The smallest absolute Gasteiger partial charge is 1.00 e. The van der Waals surface area contributed by atoms with Crippen molar-refractivity contribution in [2.45, 2.75) is 5.76 Å². The fourth-order valence-electron chi connectivity index (χ4n) is 0.0275. The Kier molecular flexibility index (Phi) is 8.02. The Morgan fingerprint density at radius 3 is 1.78 bits per heavy atom. The van der Waals surface area contributed by atoms with Gasteiger partial charge in [-0.05, 0) is 4.53 Å². The minimum Gasteiger partial charge on any atom is -1.00 e. The van der Waals surface area contributed by atoms with Crippen LogP contribution in [0.25, 0.3) is 0 Å². The van der Waals surface area contributed by atoms with Crippen molar-refractivity contribution in [2.24, 2.45) is 0 Å². The van der Waals surface area contributed by atoms with E-state index in [0.717, 1.165) is 0 Å². The fourth-order valence-corrected chi connectivity index (χ4v) is 0.0825. The number of halogens is 3. The van der Waals surface area contributed by atoms with Gasteiger partial charge in [0.05, 0.1) is 0 Å². The average Bonchev–Trinajstić information content (AvgIpc) is 1.67. The van der Waals surface area contributed by atoms with Gasteiger partial charge in [0.2, 0.25) is 0 Å². The Labute approximate surface area is 110 Å². The molecule has 0 aromatic carbocycles. The molecule has 0 bridgehead atoms. The Bertz CT molecular complexity index is 157. The van der Waals surface area contributed by atoms with Gasteiger partial charge >= 0.3 is 84.8 Å². The van der Waals surface area contributed by atoms with Crippen molar-refractivity contribution in [1.29, 1.82) is 0 Å². The van der Waals surface area contributed by atoms with Crippen LogP contribution in [0.1, 0.15) is 1.43 Å². The van der Waals surface area contributed by atoms with Crippen molar-refractivity contribution < 1.29 is 96.4 Å². The van der Waals surface area contributed by atoms with E-state index in [4.69, 9.17) is 0 Å². The average molecular weight is 284 g/mol. The monoisotopic (exact) mass is 284 g/mol. The minimum absolute atomic E-state index is 0. The summed E-state index contributed by atoms with van der Waals surface area (Å²) in [6.45, 7) is 0. The maximum Gasteiger partial charge on any atom is 1.00 e. The summed E-state index contributed by atoms with van der Waals surface area (Å²) < 4.78 is 52.8. The second-order valence-corrected chi connectivity index (χ2v) is 2.28. The Balaban J connectivity index is -0.000000245. The molecular formula is CH2CsF3O3S. The van der Waals surface area contributed by atoms with Crippen molar-refractivity contribution >= 4 is 10.1 Å². The quantitative estimate of drug-likeness (QED) is 0.566. The molecule has 0 fully saturated rings. The van der Waals surface area contributed by atoms with Gasteiger partial charge < -0.3 is 1.43 Å². The van der Waals surface area contributed by atoms with E-state index in [-0.39, 0.29) is 70.3 Å². The van der Waals surface area contributed by atoms with E-state index in [2.05, 4.69) is 0 Å². The van der Waals surface area contributed by atoms with Crippen LogP contribution in [0.15, 0.2) is 0 Å². The first-order valence-electron chi connectivity index (χ1n) is 1.33. The third-order valence-electron chi connectivity index (χ3n) is 0.306. The number of hydrogen-bond donors (Lipinski definition) is 0. The van der Waals surface area contributed by atoms with Gasteiger partial charge in [0.1, 0.15) is 0 Å². The molecule has 9 heavy (non-hydrogen) atoms. The molecule has 0 saturated carbocycles. The molecule has 0 aromatic rings. The van der Waals surface area contributed by atoms with Crippen LogP contribution in [-0.2, 0) is 14.5 Å². The topological polar surface area (TPSA) is 43.4 Å². The van der Waals surface area contributed by atoms with Crippen LogP contribution in [0.4, 0.5) is 13.3 Å². The molecule has 8 heteroatoms. The number of rotatable bonds is 2. The van der Waals surface area contributed by atoms with E-state index in [0.29, 0.717) is 0 Å². The van der Waals surface area contributed by atoms with Gasteiger partial charge in [0.25, 0.3) is 0 Å². The summed E-state index contributed by atoms with van der Waals surface area (Å²) in [5.41, 5.74) is 0. The maximum absolute atomic E-state index is 10.9. The summed E-state index contributed by atoms with van der Waals surface area (Å²) in [4.78, 5) is 0. The van der Waals surface area contributed by atoms with E-state index < -0.39 is 15.9 Å². The largest absolute Gasteiger partial charge is 1.00 e. The molecule has 0 unspecified atom stereocenters. The van der Waals surface area contributed by atoms with Crippen molar-refractivity contribution in [3.63, 3.8) is 0 Å². The van der Waals surface area contributed by atoms with E-state index in [9.17, 15) is 21.7 Å². The molecule has 0 radical (unpaired) electrons. The van der Waals surface area contributed by atoms with E-state index in [1.54, 1.807) is 0 Å². The van der Waals surface area contributed by atoms with Crippen LogP contribution >= 0.6 is 0 Å². The maximum atomic E-state index is 10.9. The van der Waals surface area contributed by atoms with Crippen LogP contribution in [0.2, 0.25) is 0 Å². The Morgan fingerprint density at radius 1 is 1.44 bits per heavy atom. The van der Waals surface area contributed by atoms with Gasteiger partial charge in [-0.15, -0.1) is 0 Å². The summed E-state index contributed by atoms with van der Waals surface area (Å²) in [6, 6.07) is 0. The van der Waals surface area contributed by atoms with Gasteiger partial charge in [0, 0.05) is 0 Å². The van der Waals surface area contributed by atoms with Crippen LogP contribution in [-0.4, -0.2) is 14.2 Å². The van der Waals surface area contributed by atoms with Crippen molar-refractivity contribution in [1.82, 2.24) is 0 Å². The molecule has 0 N–H and O–H groups in total. The zero-order chi connectivity index (χ0) is 6.78. The first-order valence-corrected chi connectivity index (χ1v) is 2.80. The molecule has 0 aliphatic rings. The molecule has 52 valence electrons.